The molecule has 0 saturated carbocycles. The van der Waals surface area contributed by atoms with Gasteiger partial charge in [0.25, 0.3) is 0 Å². The van der Waals surface area contributed by atoms with Crippen LogP contribution in [0, 0.1) is 5.92 Å². The smallest absolute Gasteiger partial charge is 0.0608 e. The lowest BCUT2D eigenvalue weighted by Gasteiger charge is -2.32. The van der Waals surface area contributed by atoms with Crippen LogP contribution in [0.15, 0.2) is 0 Å². The summed E-state index contributed by atoms with van der Waals surface area (Å²) in [6, 6.07) is 0.0793. The van der Waals surface area contributed by atoms with Crippen LogP contribution in [0.3, 0.4) is 0 Å². The fraction of sp³-hybridized carbons (Fsp3) is 1.00. The summed E-state index contributed by atoms with van der Waals surface area (Å²) in [6.45, 7) is 5.97. The molecule has 0 amide bonds. The number of thioether (sulfide) groups is 1. The molecule has 2 unspecified atom stereocenters. The summed E-state index contributed by atoms with van der Waals surface area (Å²) in [6.07, 6.45) is 0. The molecule has 3 N–H and O–H groups in total. The van der Waals surface area contributed by atoms with Crippen LogP contribution >= 0.6 is 11.8 Å². The normalized spacial score (nSPS) is 22.8. The van der Waals surface area contributed by atoms with Crippen molar-refractivity contribution in [1.29, 1.82) is 0 Å². The highest BCUT2D eigenvalue weighted by Gasteiger charge is 2.27. The number of aliphatic hydroxyl groups excluding tert-OH is 1. The first-order valence-corrected chi connectivity index (χ1v) is 5.69. The first-order valence-electron chi connectivity index (χ1n) is 4.74. The molecule has 78 valence electrons. The number of aliphatic hydroxyl groups is 1. The van der Waals surface area contributed by atoms with Crippen molar-refractivity contribution in [3.8, 4) is 0 Å². The Kier molecular flexibility index (Phi) is 4.52. The van der Waals surface area contributed by atoms with Gasteiger partial charge >= 0.3 is 0 Å². The van der Waals surface area contributed by atoms with E-state index in [-0.39, 0.29) is 17.9 Å². The highest BCUT2D eigenvalue weighted by atomic mass is 32.2. The Hall–Kier alpha value is 0.230. The predicted octanol–water partition coefficient (Wildman–Crippen LogP) is 0.463. The molecule has 0 radical (unpaired) electrons. The number of hydrogen-bond donors (Lipinski definition) is 2. The quantitative estimate of drug-likeness (QED) is 0.685. The topological polar surface area (TPSA) is 55.5 Å². The van der Waals surface area contributed by atoms with Crippen molar-refractivity contribution in [2.75, 3.05) is 19.8 Å². The first-order chi connectivity index (χ1) is 6.15. The van der Waals surface area contributed by atoms with E-state index >= 15 is 0 Å². The number of ether oxygens (including phenoxy) is 1. The summed E-state index contributed by atoms with van der Waals surface area (Å²) in [5.41, 5.74) is 5.98. The standard InChI is InChI=1S/C9H19NO2S/c1-6(2)9(10)8(3-11)13-7-4-12-5-7/h6-9,11H,3-5,10H2,1-2H3. The molecule has 0 bridgehead atoms. The van der Waals surface area contributed by atoms with Crippen molar-refractivity contribution in [2.45, 2.75) is 30.4 Å². The Balaban J connectivity index is 2.31. The van der Waals surface area contributed by atoms with Crippen LogP contribution in [0.1, 0.15) is 13.8 Å². The molecule has 1 aliphatic heterocycles. The van der Waals surface area contributed by atoms with E-state index in [1.165, 1.54) is 0 Å². The molecule has 1 aliphatic rings. The summed E-state index contributed by atoms with van der Waals surface area (Å²) < 4.78 is 5.08. The van der Waals surface area contributed by atoms with Crippen molar-refractivity contribution in [3.63, 3.8) is 0 Å². The molecule has 4 heteroatoms. The van der Waals surface area contributed by atoms with E-state index in [0.29, 0.717) is 11.2 Å². The van der Waals surface area contributed by atoms with Crippen LogP contribution < -0.4 is 5.73 Å². The van der Waals surface area contributed by atoms with Crippen molar-refractivity contribution in [2.24, 2.45) is 11.7 Å². The molecular formula is C9H19NO2S. The average molecular weight is 205 g/mol. The zero-order valence-corrected chi connectivity index (χ0v) is 9.09. The van der Waals surface area contributed by atoms with E-state index in [9.17, 15) is 5.11 Å². The average Bonchev–Trinajstić information content (AvgIpc) is 2.02. The summed E-state index contributed by atoms with van der Waals surface area (Å²) >= 11 is 1.77. The molecule has 1 saturated heterocycles. The van der Waals surface area contributed by atoms with Crippen LogP contribution in [0.25, 0.3) is 0 Å². The third-order valence-corrected chi connectivity index (χ3v) is 3.82. The van der Waals surface area contributed by atoms with Gasteiger partial charge in [-0.25, -0.2) is 0 Å². The molecular weight excluding hydrogens is 186 g/mol. The molecule has 3 nitrogen and oxygen atoms in total. The van der Waals surface area contributed by atoms with Crippen LogP contribution in [-0.4, -0.2) is 41.5 Å². The van der Waals surface area contributed by atoms with Gasteiger partial charge in [0, 0.05) is 11.3 Å². The maximum Gasteiger partial charge on any atom is 0.0608 e. The van der Waals surface area contributed by atoms with Gasteiger partial charge in [-0.15, -0.1) is 11.8 Å². The van der Waals surface area contributed by atoms with Crippen molar-refractivity contribution >= 4 is 11.8 Å². The van der Waals surface area contributed by atoms with Crippen LogP contribution in [-0.2, 0) is 4.74 Å². The van der Waals surface area contributed by atoms with Gasteiger partial charge in [-0.2, -0.15) is 0 Å². The van der Waals surface area contributed by atoms with E-state index in [2.05, 4.69) is 13.8 Å². The molecule has 0 aromatic heterocycles. The van der Waals surface area contributed by atoms with Gasteiger partial charge in [-0.1, -0.05) is 13.8 Å². The second-order valence-corrected chi connectivity index (χ2v) is 5.38. The Morgan fingerprint density at radius 1 is 1.54 bits per heavy atom. The Morgan fingerprint density at radius 3 is 2.46 bits per heavy atom. The maximum absolute atomic E-state index is 9.17. The highest BCUT2D eigenvalue weighted by Crippen LogP contribution is 2.27. The minimum absolute atomic E-state index is 0.0793. The predicted molar refractivity (Wildman–Crippen MR) is 55.9 cm³/mol. The van der Waals surface area contributed by atoms with Crippen molar-refractivity contribution in [3.05, 3.63) is 0 Å². The molecule has 2 atom stereocenters. The molecule has 0 spiro atoms. The summed E-state index contributed by atoms with van der Waals surface area (Å²) in [7, 11) is 0. The molecule has 0 aliphatic carbocycles. The second kappa shape index (κ2) is 5.20. The third kappa shape index (κ3) is 3.13. The lowest BCUT2D eigenvalue weighted by molar-refractivity contribution is 0.0450. The van der Waals surface area contributed by atoms with Crippen molar-refractivity contribution in [1.82, 2.24) is 0 Å². The van der Waals surface area contributed by atoms with Gasteiger partial charge in [0.05, 0.1) is 25.1 Å². The van der Waals surface area contributed by atoms with Gasteiger partial charge in [-0.3, -0.25) is 0 Å². The fourth-order valence-corrected chi connectivity index (χ4v) is 2.65. The van der Waals surface area contributed by atoms with Crippen LogP contribution in [0.5, 0.6) is 0 Å². The zero-order chi connectivity index (χ0) is 9.84. The van der Waals surface area contributed by atoms with Gasteiger partial charge < -0.3 is 15.6 Å². The Morgan fingerprint density at radius 2 is 2.15 bits per heavy atom. The summed E-state index contributed by atoms with van der Waals surface area (Å²) in [5.74, 6) is 0.422. The highest BCUT2D eigenvalue weighted by molar-refractivity contribution is 8.00. The molecule has 1 fully saturated rings. The SMILES string of the molecule is CC(C)C(N)C(CO)SC1COC1. The molecule has 1 rings (SSSR count). The fourth-order valence-electron chi connectivity index (χ4n) is 1.22. The maximum atomic E-state index is 9.17. The first kappa shape index (κ1) is 11.3. The van der Waals surface area contributed by atoms with Gasteiger partial charge in [0.15, 0.2) is 0 Å². The monoisotopic (exact) mass is 205 g/mol. The zero-order valence-electron chi connectivity index (χ0n) is 8.27. The second-order valence-electron chi connectivity index (χ2n) is 3.84. The summed E-state index contributed by atoms with van der Waals surface area (Å²) in [4.78, 5) is 0. The van der Waals surface area contributed by atoms with Gasteiger partial charge in [0.2, 0.25) is 0 Å². The van der Waals surface area contributed by atoms with E-state index in [4.69, 9.17) is 10.5 Å². The lowest BCUT2D eigenvalue weighted by atomic mass is 10.0. The summed E-state index contributed by atoms with van der Waals surface area (Å²) in [5, 5.41) is 9.88. The molecule has 0 aromatic rings. The van der Waals surface area contributed by atoms with E-state index in [1.807, 2.05) is 0 Å². The van der Waals surface area contributed by atoms with Crippen LogP contribution in [0.4, 0.5) is 0 Å². The van der Waals surface area contributed by atoms with Gasteiger partial charge in [-0.05, 0) is 5.92 Å². The third-order valence-electron chi connectivity index (χ3n) is 2.35. The van der Waals surface area contributed by atoms with E-state index in [1.54, 1.807) is 11.8 Å². The van der Waals surface area contributed by atoms with Crippen LogP contribution in [0.2, 0.25) is 0 Å². The number of hydrogen-bond acceptors (Lipinski definition) is 4. The minimum Gasteiger partial charge on any atom is -0.395 e. The number of rotatable bonds is 5. The minimum atomic E-state index is 0.0793. The van der Waals surface area contributed by atoms with Crippen molar-refractivity contribution < 1.29 is 9.84 Å². The number of nitrogens with two attached hydrogens (primary N) is 1. The Bertz CT molecular complexity index is 151. The lowest BCUT2D eigenvalue weighted by Crippen LogP contribution is -2.43. The van der Waals surface area contributed by atoms with Gasteiger partial charge in [0.1, 0.15) is 0 Å². The largest absolute Gasteiger partial charge is 0.395 e. The molecule has 0 aromatic carbocycles. The Labute approximate surface area is 84.0 Å². The van der Waals surface area contributed by atoms with E-state index in [0.717, 1.165) is 13.2 Å². The molecule has 1 heterocycles. The van der Waals surface area contributed by atoms with E-state index < -0.39 is 0 Å². The molecule has 13 heavy (non-hydrogen) atoms.